The maximum absolute atomic E-state index is 13.2. The molecule has 7 nitrogen and oxygen atoms in total. The summed E-state index contributed by atoms with van der Waals surface area (Å²) in [4.78, 5) is 43.1. The number of carbonyl (C=O) groups excluding carboxylic acids is 3. The Morgan fingerprint density at radius 2 is 1.96 bits per heavy atom. The minimum absolute atomic E-state index is 0.0948. The quantitative estimate of drug-likeness (QED) is 0.863. The van der Waals surface area contributed by atoms with E-state index in [1.165, 1.54) is 4.90 Å². The first-order chi connectivity index (χ1) is 13.5. The van der Waals surface area contributed by atoms with Crippen LogP contribution < -0.4 is 5.32 Å². The van der Waals surface area contributed by atoms with Gasteiger partial charge < -0.3 is 15.1 Å². The second-order valence-corrected chi connectivity index (χ2v) is 7.78. The number of urea groups is 1. The number of amides is 4. The van der Waals surface area contributed by atoms with E-state index in [-0.39, 0.29) is 17.8 Å². The van der Waals surface area contributed by atoms with E-state index < -0.39 is 6.04 Å². The van der Waals surface area contributed by atoms with E-state index >= 15 is 0 Å². The van der Waals surface area contributed by atoms with Crippen molar-refractivity contribution >= 4 is 17.8 Å². The average Bonchev–Trinajstić information content (AvgIpc) is 3.32. The predicted octanol–water partition coefficient (Wildman–Crippen LogP) is 1.80. The van der Waals surface area contributed by atoms with Gasteiger partial charge in [0.15, 0.2) is 0 Å². The second-order valence-electron chi connectivity index (χ2n) is 7.78. The van der Waals surface area contributed by atoms with Crippen LogP contribution in [0.4, 0.5) is 4.79 Å². The normalized spacial score (nSPS) is 22.1. The topological polar surface area (TPSA) is 73.0 Å². The number of likely N-dealkylation sites (tertiary alicyclic amines) is 1. The Bertz CT molecular complexity index is 857. The Balaban J connectivity index is 1.53. The fourth-order valence-electron chi connectivity index (χ4n) is 4.26. The molecule has 3 aliphatic rings. The molecule has 1 atom stereocenters. The number of aryl methyl sites for hydroxylation is 1. The summed E-state index contributed by atoms with van der Waals surface area (Å²) in [6.45, 7) is 4.37. The van der Waals surface area contributed by atoms with Crippen LogP contribution in [0.3, 0.4) is 0 Å². The van der Waals surface area contributed by atoms with Crippen LogP contribution in [0.2, 0.25) is 0 Å². The zero-order valence-electron chi connectivity index (χ0n) is 16.4. The number of nitrogens with zero attached hydrogens (tertiary/aromatic N) is 3. The highest BCUT2D eigenvalue weighted by atomic mass is 16.2. The molecule has 1 aromatic rings. The van der Waals surface area contributed by atoms with Crippen LogP contribution in [-0.2, 0) is 9.59 Å². The van der Waals surface area contributed by atoms with Gasteiger partial charge in [-0.05, 0) is 25.3 Å². The smallest absolute Gasteiger partial charge is 0.322 e. The molecule has 0 aliphatic carbocycles. The number of rotatable bonds is 4. The first-order valence-electron chi connectivity index (χ1n) is 9.86. The Labute approximate surface area is 165 Å². The van der Waals surface area contributed by atoms with E-state index in [0.29, 0.717) is 25.1 Å². The Hall–Kier alpha value is -2.83. The van der Waals surface area contributed by atoms with Gasteiger partial charge in [0.05, 0.1) is 23.9 Å². The summed E-state index contributed by atoms with van der Waals surface area (Å²) in [5.74, 6) is 0.00976. The molecule has 1 saturated heterocycles. The molecule has 1 N–H and O–H groups in total. The Morgan fingerprint density at radius 3 is 2.68 bits per heavy atom. The zero-order chi connectivity index (χ0) is 19.8. The van der Waals surface area contributed by atoms with Crippen molar-refractivity contribution in [3.8, 4) is 0 Å². The minimum Gasteiger partial charge on any atom is -0.343 e. The maximum Gasteiger partial charge on any atom is 0.322 e. The first-order valence-corrected chi connectivity index (χ1v) is 9.86. The molecule has 0 saturated carbocycles. The van der Waals surface area contributed by atoms with Gasteiger partial charge in [0, 0.05) is 33.1 Å². The Kier molecular flexibility index (Phi) is 4.83. The van der Waals surface area contributed by atoms with E-state index in [1.54, 1.807) is 11.9 Å². The molecule has 7 heteroatoms. The van der Waals surface area contributed by atoms with Gasteiger partial charge in [0.25, 0.3) is 5.91 Å². The lowest BCUT2D eigenvalue weighted by molar-refractivity contribution is -0.131. The van der Waals surface area contributed by atoms with Gasteiger partial charge in [-0.25, -0.2) is 4.79 Å². The maximum atomic E-state index is 13.2. The van der Waals surface area contributed by atoms with Gasteiger partial charge in [0.2, 0.25) is 5.91 Å². The molecule has 0 radical (unpaired) electrons. The van der Waals surface area contributed by atoms with Gasteiger partial charge in [-0.3, -0.25) is 14.5 Å². The highest BCUT2D eigenvalue weighted by Gasteiger charge is 2.42. The molecule has 4 amide bonds. The van der Waals surface area contributed by atoms with E-state index in [2.05, 4.69) is 5.32 Å². The summed E-state index contributed by atoms with van der Waals surface area (Å²) in [6.07, 6.45) is 2.44. The lowest BCUT2D eigenvalue weighted by Crippen LogP contribution is -2.45. The number of nitrogens with one attached hydrogen (secondary N) is 1. The van der Waals surface area contributed by atoms with E-state index in [9.17, 15) is 14.4 Å². The molecule has 0 spiro atoms. The van der Waals surface area contributed by atoms with E-state index in [0.717, 1.165) is 42.8 Å². The van der Waals surface area contributed by atoms with Crippen LogP contribution in [0.5, 0.6) is 0 Å². The SMILES string of the molecule is Cc1cccc(C2NC(=O)N(C)C3=C2C(=O)N(CCC(=O)N2CCCC2)C3)c1. The molecule has 3 heterocycles. The van der Waals surface area contributed by atoms with Crippen molar-refractivity contribution in [1.82, 2.24) is 20.0 Å². The first kappa shape index (κ1) is 18.5. The lowest BCUT2D eigenvalue weighted by Gasteiger charge is -2.31. The van der Waals surface area contributed by atoms with Crippen LogP contribution in [0, 0.1) is 6.92 Å². The van der Waals surface area contributed by atoms with Gasteiger partial charge in [-0.15, -0.1) is 0 Å². The van der Waals surface area contributed by atoms with E-state index in [4.69, 9.17) is 0 Å². The highest BCUT2D eigenvalue weighted by molar-refractivity contribution is 6.01. The summed E-state index contributed by atoms with van der Waals surface area (Å²) in [5.41, 5.74) is 3.32. The molecule has 1 aromatic carbocycles. The zero-order valence-corrected chi connectivity index (χ0v) is 16.4. The van der Waals surface area contributed by atoms with Crippen LogP contribution in [0.25, 0.3) is 0 Å². The highest BCUT2D eigenvalue weighted by Crippen LogP contribution is 2.35. The van der Waals surface area contributed by atoms with Crippen LogP contribution >= 0.6 is 0 Å². The van der Waals surface area contributed by atoms with E-state index in [1.807, 2.05) is 36.1 Å². The van der Waals surface area contributed by atoms with Crippen molar-refractivity contribution < 1.29 is 14.4 Å². The number of likely N-dealkylation sites (N-methyl/N-ethyl adjacent to an activating group) is 1. The molecular formula is C21H26N4O3. The lowest BCUT2D eigenvalue weighted by atomic mass is 9.95. The summed E-state index contributed by atoms with van der Waals surface area (Å²) in [7, 11) is 1.68. The molecule has 28 heavy (non-hydrogen) atoms. The number of carbonyl (C=O) groups is 3. The Morgan fingerprint density at radius 1 is 1.21 bits per heavy atom. The molecular weight excluding hydrogens is 356 g/mol. The summed E-state index contributed by atoms with van der Waals surface area (Å²) in [6, 6.07) is 7.18. The molecule has 148 valence electrons. The third kappa shape index (κ3) is 3.25. The molecule has 4 rings (SSSR count). The van der Waals surface area contributed by atoms with Crippen molar-refractivity contribution in [2.24, 2.45) is 0 Å². The minimum atomic E-state index is -0.453. The summed E-state index contributed by atoms with van der Waals surface area (Å²) < 4.78 is 0. The third-order valence-corrected chi connectivity index (χ3v) is 5.86. The molecule has 0 aromatic heterocycles. The number of benzene rings is 1. The van der Waals surface area contributed by atoms with Crippen molar-refractivity contribution in [1.29, 1.82) is 0 Å². The second kappa shape index (κ2) is 7.30. The van der Waals surface area contributed by atoms with Crippen molar-refractivity contribution in [2.45, 2.75) is 32.2 Å². The standard InChI is InChI=1S/C21H26N4O3/c1-14-6-5-7-15(12-14)19-18-16(23(2)21(28)22-19)13-25(20(18)27)11-8-17(26)24-9-3-4-10-24/h5-7,12,19H,3-4,8-11,13H2,1-2H3,(H,22,28). The van der Waals surface area contributed by atoms with Crippen molar-refractivity contribution in [3.05, 3.63) is 46.7 Å². The van der Waals surface area contributed by atoms with Crippen LogP contribution in [-0.4, -0.2) is 65.8 Å². The van der Waals surface area contributed by atoms with Crippen molar-refractivity contribution in [2.75, 3.05) is 33.2 Å². The number of hydrogen-bond acceptors (Lipinski definition) is 3. The predicted molar refractivity (Wildman–Crippen MR) is 104 cm³/mol. The largest absolute Gasteiger partial charge is 0.343 e. The van der Waals surface area contributed by atoms with Crippen molar-refractivity contribution in [3.63, 3.8) is 0 Å². The molecule has 1 fully saturated rings. The number of hydrogen-bond donors (Lipinski definition) is 1. The third-order valence-electron chi connectivity index (χ3n) is 5.86. The molecule has 1 unspecified atom stereocenters. The van der Waals surface area contributed by atoms with Gasteiger partial charge >= 0.3 is 6.03 Å². The van der Waals surface area contributed by atoms with Gasteiger partial charge in [-0.2, -0.15) is 0 Å². The van der Waals surface area contributed by atoms with Crippen LogP contribution in [0.15, 0.2) is 35.5 Å². The fraction of sp³-hybridized carbons (Fsp3) is 0.476. The van der Waals surface area contributed by atoms with Crippen LogP contribution in [0.1, 0.15) is 36.4 Å². The van der Waals surface area contributed by atoms with Gasteiger partial charge in [0.1, 0.15) is 0 Å². The van der Waals surface area contributed by atoms with Gasteiger partial charge in [-0.1, -0.05) is 29.8 Å². The molecule has 3 aliphatic heterocycles. The fourth-order valence-corrected chi connectivity index (χ4v) is 4.26. The average molecular weight is 382 g/mol. The summed E-state index contributed by atoms with van der Waals surface area (Å²) >= 11 is 0. The molecule has 0 bridgehead atoms. The monoisotopic (exact) mass is 382 g/mol. The summed E-state index contributed by atoms with van der Waals surface area (Å²) in [5, 5.41) is 2.95.